The lowest BCUT2D eigenvalue weighted by molar-refractivity contribution is 0.381. The van der Waals surface area contributed by atoms with Crippen molar-refractivity contribution < 1.29 is 22.6 Å². The van der Waals surface area contributed by atoms with Crippen LogP contribution in [0.15, 0.2) is 34.5 Å². The van der Waals surface area contributed by atoms with E-state index in [2.05, 4.69) is 10.2 Å². The van der Waals surface area contributed by atoms with Crippen LogP contribution in [-0.4, -0.2) is 28.6 Å². The zero-order valence-electron chi connectivity index (χ0n) is 8.35. The molecule has 0 atom stereocenters. The minimum absolute atomic E-state index is 0.164. The van der Waals surface area contributed by atoms with Gasteiger partial charge in [-0.1, -0.05) is 0 Å². The summed E-state index contributed by atoms with van der Waals surface area (Å²) in [5.74, 6) is -0.181. The number of nitrogens with zero attached hydrogens (tertiary/aromatic N) is 2. The normalized spacial score (nSPS) is 10.7. The SMILES string of the molecule is N=C(N)N=Nc1ccc(O)cc1.O=S(=O)(O)O. The predicted octanol–water partition coefficient (Wildman–Crippen LogP) is 0.717. The first kappa shape index (κ1) is 15.0. The van der Waals surface area contributed by atoms with Gasteiger partial charge in [0.2, 0.25) is 5.96 Å². The van der Waals surface area contributed by atoms with Gasteiger partial charge in [-0.15, -0.1) is 10.2 Å². The Bertz CT molecular complexity index is 488. The fourth-order valence-electron chi connectivity index (χ4n) is 0.631. The van der Waals surface area contributed by atoms with Crippen LogP contribution in [0.25, 0.3) is 0 Å². The van der Waals surface area contributed by atoms with Crippen LogP contribution < -0.4 is 5.73 Å². The first-order valence-electron chi connectivity index (χ1n) is 3.93. The van der Waals surface area contributed by atoms with E-state index < -0.39 is 10.4 Å². The molecular formula is C7H10N4O5S. The summed E-state index contributed by atoms with van der Waals surface area (Å²) in [6.07, 6.45) is 0. The van der Waals surface area contributed by atoms with Crippen LogP contribution in [0.2, 0.25) is 0 Å². The molecule has 0 unspecified atom stereocenters. The predicted molar refractivity (Wildman–Crippen MR) is 58.7 cm³/mol. The maximum absolute atomic E-state index is 8.89. The molecule has 0 aliphatic carbocycles. The van der Waals surface area contributed by atoms with Crippen LogP contribution >= 0.6 is 0 Å². The molecule has 0 aliphatic rings. The molecule has 1 rings (SSSR count). The number of phenols is 1. The van der Waals surface area contributed by atoms with E-state index >= 15 is 0 Å². The van der Waals surface area contributed by atoms with Gasteiger partial charge in [0.05, 0.1) is 5.69 Å². The van der Waals surface area contributed by atoms with E-state index in [0.717, 1.165) is 0 Å². The molecule has 0 saturated carbocycles. The van der Waals surface area contributed by atoms with Crippen molar-refractivity contribution >= 4 is 22.0 Å². The second kappa shape index (κ2) is 6.52. The maximum Gasteiger partial charge on any atom is 0.394 e. The Labute approximate surface area is 96.7 Å². The van der Waals surface area contributed by atoms with Crippen LogP contribution in [0.5, 0.6) is 5.75 Å². The topological polar surface area (TPSA) is 169 Å². The number of hydrogen-bond acceptors (Lipinski definition) is 5. The van der Waals surface area contributed by atoms with Crippen molar-refractivity contribution in [3.63, 3.8) is 0 Å². The van der Waals surface area contributed by atoms with Crippen LogP contribution in [-0.2, 0) is 10.4 Å². The molecule has 0 heterocycles. The van der Waals surface area contributed by atoms with Crippen LogP contribution in [0, 0.1) is 5.41 Å². The Kier molecular flexibility index (Phi) is 5.74. The molecule has 0 saturated heterocycles. The molecule has 0 radical (unpaired) electrons. The number of aromatic hydroxyl groups is 1. The number of rotatable bonds is 1. The molecule has 6 N–H and O–H groups in total. The molecule has 1 aromatic carbocycles. The highest BCUT2D eigenvalue weighted by Gasteiger charge is 1.89. The zero-order valence-corrected chi connectivity index (χ0v) is 9.16. The molecule has 1 aromatic rings. The smallest absolute Gasteiger partial charge is 0.394 e. The highest BCUT2D eigenvalue weighted by atomic mass is 32.3. The van der Waals surface area contributed by atoms with E-state index in [4.69, 9.17) is 33.8 Å². The summed E-state index contributed by atoms with van der Waals surface area (Å²) in [5, 5.41) is 22.6. The molecule has 0 fully saturated rings. The quantitative estimate of drug-likeness (QED) is 0.216. The van der Waals surface area contributed by atoms with Gasteiger partial charge in [-0.3, -0.25) is 14.5 Å². The third-order valence-corrected chi connectivity index (χ3v) is 1.12. The first-order valence-corrected chi connectivity index (χ1v) is 5.33. The van der Waals surface area contributed by atoms with Crippen molar-refractivity contribution in [1.29, 1.82) is 5.41 Å². The summed E-state index contributed by atoms with van der Waals surface area (Å²) < 4.78 is 31.6. The van der Waals surface area contributed by atoms with E-state index in [-0.39, 0.29) is 11.7 Å². The van der Waals surface area contributed by atoms with Crippen molar-refractivity contribution in [3.8, 4) is 5.75 Å². The van der Waals surface area contributed by atoms with Crippen LogP contribution in [0.3, 0.4) is 0 Å². The number of phenolic OH excluding ortho intramolecular Hbond substituents is 1. The van der Waals surface area contributed by atoms with E-state index in [1.807, 2.05) is 0 Å². The summed E-state index contributed by atoms with van der Waals surface area (Å²) in [5.41, 5.74) is 5.49. The average molecular weight is 262 g/mol. The Morgan fingerprint density at radius 2 is 1.65 bits per heavy atom. The molecule has 0 aromatic heterocycles. The minimum atomic E-state index is -4.67. The Hall–Kier alpha value is -2.04. The lowest BCUT2D eigenvalue weighted by atomic mass is 10.3. The van der Waals surface area contributed by atoms with Gasteiger partial charge in [0.15, 0.2) is 0 Å². The summed E-state index contributed by atoms with van der Waals surface area (Å²) in [6.45, 7) is 0. The van der Waals surface area contributed by atoms with Gasteiger partial charge < -0.3 is 10.8 Å². The monoisotopic (exact) mass is 262 g/mol. The molecule has 17 heavy (non-hydrogen) atoms. The molecule has 0 bridgehead atoms. The molecule has 0 aliphatic heterocycles. The standard InChI is InChI=1S/C7H8N4O.H2O4S/c8-7(9)11-10-5-1-3-6(12)4-2-5;1-5(2,3)4/h1-4,12H,(H3,8,9);(H2,1,2,3,4). The van der Waals surface area contributed by atoms with E-state index in [1.165, 1.54) is 12.1 Å². The van der Waals surface area contributed by atoms with Crippen molar-refractivity contribution in [2.75, 3.05) is 0 Å². The van der Waals surface area contributed by atoms with Crippen LogP contribution in [0.1, 0.15) is 0 Å². The lowest BCUT2D eigenvalue weighted by Crippen LogP contribution is -2.03. The third kappa shape index (κ3) is 11.9. The highest BCUT2D eigenvalue weighted by Crippen LogP contribution is 2.16. The number of nitrogens with one attached hydrogen (secondary N) is 1. The average Bonchev–Trinajstić information content (AvgIpc) is 2.14. The van der Waals surface area contributed by atoms with Gasteiger partial charge in [-0.05, 0) is 24.3 Å². The summed E-state index contributed by atoms with van der Waals surface area (Å²) in [7, 11) is -4.67. The van der Waals surface area contributed by atoms with Gasteiger partial charge in [-0.25, -0.2) is 0 Å². The van der Waals surface area contributed by atoms with Gasteiger partial charge in [0.1, 0.15) is 5.75 Å². The fraction of sp³-hybridized carbons (Fsp3) is 0. The minimum Gasteiger partial charge on any atom is -0.508 e. The van der Waals surface area contributed by atoms with Crippen LogP contribution in [0.4, 0.5) is 5.69 Å². The van der Waals surface area contributed by atoms with Gasteiger partial charge in [-0.2, -0.15) is 8.42 Å². The Morgan fingerprint density at radius 1 is 1.24 bits per heavy atom. The third-order valence-electron chi connectivity index (χ3n) is 1.12. The number of hydrogen-bond donors (Lipinski definition) is 5. The van der Waals surface area contributed by atoms with Gasteiger partial charge in [0, 0.05) is 0 Å². The zero-order chi connectivity index (χ0) is 13.5. The summed E-state index contributed by atoms with van der Waals surface area (Å²) in [6, 6.07) is 6.10. The first-order chi connectivity index (χ1) is 7.68. The second-order valence-electron chi connectivity index (χ2n) is 2.55. The number of azo groups is 1. The number of nitrogens with two attached hydrogens (primary N) is 1. The van der Waals surface area contributed by atoms with Crippen molar-refractivity contribution in [1.82, 2.24) is 0 Å². The maximum atomic E-state index is 8.89. The van der Waals surface area contributed by atoms with Crippen molar-refractivity contribution in [3.05, 3.63) is 24.3 Å². The second-order valence-corrected chi connectivity index (χ2v) is 3.45. The molecule has 0 amide bonds. The van der Waals surface area contributed by atoms with E-state index in [1.54, 1.807) is 12.1 Å². The Balaban J connectivity index is 0.000000437. The molecule has 0 spiro atoms. The molecule has 94 valence electrons. The number of guanidine groups is 1. The summed E-state index contributed by atoms with van der Waals surface area (Å²) >= 11 is 0. The largest absolute Gasteiger partial charge is 0.508 e. The molecule has 9 nitrogen and oxygen atoms in total. The van der Waals surface area contributed by atoms with Crippen molar-refractivity contribution in [2.45, 2.75) is 0 Å². The number of benzene rings is 1. The summed E-state index contributed by atoms with van der Waals surface area (Å²) in [4.78, 5) is 0. The van der Waals surface area contributed by atoms with Gasteiger partial charge in [0.25, 0.3) is 0 Å². The van der Waals surface area contributed by atoms with Crippen molar-refractivity contribution in [2.24, 2.45) is 16.0 Å². The Morgan fingerprint density at radius 3 is 2.00 bits per heavy atom. The lowest BCUT2D eigenvalue weighted by Gasteiger charge is -1.91. The van der Waals surface area contributed by atoms with E-state index in [0.29, 0.717) is 5.69 Å². The molecule has 10 heteroatoms. The fourth-order valence-corrected chi connectivity index (χ4v) is 0.631. The highest BCUT2D eigenvalue weighted by molar-refractivity contribution is 7.79. The van der Waals surface area contributed by atoms with E-state index in [9.17, 15) is 0 Å². The van der Waals surface area contributed by atoms with Gasteiger partial charge >= 0.3 is 10.4 Å². The molecular weight excluding hydrogens is 252 g/mol.